The van der Waals surface area contributed by atoms with Gasteiger partial charge >= 0.3 is 0 Å². The summed E-state index contributed by atoms with van der Waals surface area (Å²) in [7, 11) is 2.20. The van der Waals surface area contributed by atoms with Crippen molar-refractivity contribution < 1.29 is 5.11 Å². The maximum Gasteiger partial charge on any atom is 0.0538 e. The molecule has 2 atom stereocenters. The number of hydrogen-bond donors (Lipinski definition) is 1. The summed E-state index contributed by atoms with van der Waals surface area (Å²) in [5.74, 6) is 0. The molecule has 2 unspecified atom stereocenters. The normalized spacial score (nSPS) is 22.9. The van der Waals surface area contributed by atoms with E-state index < -0.39 is 0 Å². The van der Waals surface area contributed by atoms with Crippen LogP contribution in [0.5, 0.6) is 0 Å². The molecule has 20 heavy (non-hydrogen) atoms. The summed E-state index contributed by atoms with van der Waals surface area (Å²) in [5.41, 5.74) is 1.41. The van der Waals surface area contributed by atoms with Crippen LogP contribution in [0.3, 0.4) is 0 Å². The van der Waals surface area contributed by atoms with Crippen molar-refractivity contribution in [3.8, 4) is 0 Å². The molecule has 0 bridgehead atoms. The molecule has 2 rings (SSSR count). The second-order valence-corrected chi connectivity index (χ2v) is 5.93. The lowest BCUT2D eigenvalue weighted by Crippen LogP contribution is -2.47. The number of aliphatic hydroxyl groups is 1. The second-order valence-electron chi connectivity index (χ2n) is 5.93. The molecule has 0 saturated carbocycles. The smallest absolute Gasteiger partial charge is 0.0538 e. The van der Waals surface area contributed by atoms with Crippen molar-refractivity contribution in [3.05, 3.63) is 35.9 Å². The highest BCUT2D eigenvalue weighted by Crippen LogP contribution is 2.25. The van der Waals surface area contributed by atoms with Gasteiger partial charge in [-0.25, -0.2) is 0 Å². The van der Waals surface area contributed by atoms with Gasteiger partial charge in [-0.05, 0) is 38.4 Å². The molecule has 1 aromatic carbocycles. The van der Waals surface area contributed by atoms with Gasteiger partial charge < -0.3 is 10.0 Å². The molecule has 0 aliphatic carbocycles. The Labute approximate surface area is 123 Å². The minimum atomic E-state index is -0.127. The van der Waals surface area contributed by atoms with Crippen molar-refractivity contribution in [2.75, 3.05) is 33.2 Å². The van der Waals surface area contributed by atoms with E-state index in [4.69, 9.17) is 0 Å². The van der Waals surface area contributed by atoms with Gasteiger partial charge in [0.05, 0.1) is 6.10 Å². The van der Waals surface area contributed by atoms with Gasteiger partial charge in [0, 0.05) is 25.7 Å². The predicted molar refractivity (Wildman–Crippen MR) is 83.8 cm³/mol. The van der Waals surface area contributed by atoms with E-state index in [9.17, 15) is 5.11 Å². The molecule has 0 spiro atoms. The number of rotatable bonds is 6. The zero-order valence-corrected chi connectivity index (χ0v) is 12.8. The summed E-state index contributed by atoms with van der Waals surface area (Å²) in [6.07, 6.45) is 2.75. The number of nitrogens with zero attached hydrogens (tertiary/aromatic N) is 2. The third-order valence-corrected chi connectivity index (χ3v) is 4.33. The van der Waals surface area contributed by atoms with E-state index in [1.807, 2.05) is 6.92 Å². The Kier molecular flexibility index (Phi) is 6.02. The minimum Gasteiger partial charge on any atom is -0.393 e. The first-order valence-corrected chi connectivity index (χ1v) is 7.86. The molecular weight excluding hydrogens is 248 g/mol. The van der Waals surface area contributed by atoms with Crippen molar-refractivity contribution in [2.24, 2.45) is 0 Å². The summed E-state index contributed by atoms with van der Waals surface area (Å²) in [5, 5.41) is 9.69. The van der Waals surface area contributed by atoms with Crippen LogP contribution in [0, 0.1) is 0 Å². The van der Waals surface area contributed by atoms with Crippen molar-refractivity contribution in [1.82, 2.24) is 9.80 Å². The van der Waals surface area contributed by atoms with E-state index in [-0.39, 0.29) is 6.10 Å². The fourth-order valence-corrected chi connectivity index (χ4v) is 2.95. The molecule has 0 amide bonds. The van der Waals surface area contributed by atoms with Crippen LogP contribution >= 0.6 is 0 Å². The van der Waals surface area contributed by atoms with Gasteiger partial charge in [0.25, 0.3) is 0 Å². The van der Waals surface area contributed by atoms with Crippen LogP contribution in [0.1, 0.15) is 37.8 Å². The molecule has 3 nitrogen and oxygen atoms in total. The Bertz CT molecular complexity index is 382. The number of likely N-dealkylation sites (N-methyl/N-ethyl adjacent to an activating group) is 1. The van der Waals surface area contributed by atoms with Crippen molar-refractivity contribution in [2.45, 2.75) is 38.3 Å². The molecule has 1 heterocycles. The van der Waals surface area contributed by atoms with E-state index in [1.165, 1.54) is 5.56 Å². The number of piperazine rings is 1. The quantitative estimate of drug-likeness (QED) is 0.865. The van der Waals surface area contributed by atoms with E-state index in [2.05, 4.69) is 47.2 Å². The SMILES string of the molecule is CCC(O)CCCN1CCN(C)CC1c1ccccc1. The van der Waals surface area contributed by atoms with Crippen LogP contribution in [0.2, 0.25) is 0 Å². The summed E-state index contributed by atoms with van der Waals surface area (Å²) < 4.78 is 0. The van der Waals surface area contributed by atoms with Gasteiger partial charge in [0.1, 0.15) is 0 Å². The first-order valence-electron chi connectivity index (χ1n) is 7.86. The number of benzene rings is 1. The van der Waals surface area contributed by atoms with Gasteiger partial charge in [0.15, 0.2) is 0 Å². The van der Waals surface area contributed by atoms with E-state index in [0.29, 0.717) is 6.04 Å². The van der Waals surface area contributed by atoms with Crippen LogP contribution in [-0.4, -0.2) is 54.2 Å². The zero-order valence-electron chi connectivity index (χ0n) is 12.8. The molecular formula is C17H28N2O. The van der Waals surface area contributed by atoms with E-state index in [0.717, 1.165) is 45.4 Å². The Balaban J connectivity index is 1.94. The monoisotopic (exact) mass is 276 g/mol. The lowest BCUT2D eigenvalue weighted by Gasteiger charge is -2.40. The van der Waals surface area contributed by atoms with E-state index in [1.54, 1.807) is 0 Å². The second kappa shape index (κ2) is 7.77. The average molecular weight is 276 g/mol. The van der Waals surface area contributed by atoms with Gasteiger partial charge in [0.2, 0.25) is 0 Å². The lowest BCUT2D eigenvalue weighted by molar-refractivity contribution is 0.0810. The molecule has 3 heteroatoms. The Morgan fingerprint density at radius 3 is 2.70 bits per heavy atom. The van der Waals surface area contributed by atoms with Crippen molar-refractivity contribution in [3.63, 3.8) is 0 Å². The Hall–Kier alpha value is -0.900. The highest BCUT2D eigenvalue weighted by atomic mass is 16.3. The third-order valence-electron chi connectivity index (χ3n) is 4.33. The molecule has 1 aliphatic rings. The minimum absolute atomic E-state index is 0.127. The topological polar surface area (TPSA) is 26.7 Å². The highest BCUT2D eigenvalue weighted by molar-refractivity contribution is 5.20. The molecule has 1 N–H and O–H groups in total. The molecule has 1 fully saturated rings. The highest BCUT2D eigenvalue weighted by Gasteiger charge is 2.25. The predicted octanol–water partition coefficient (Wildman–Crippen LogP) is 2.53. The summed E-state index contributed by atoms with van der Waals surface area (Å²) >= 11 is 0. The van der Waals surface area contributed by atoms with Crippen LogP contribution in [0.25, 0.3) is 0 Å². The van der Waals surface area contributed by atoms with Gasteiger partial charge in [-0.15, -0.1) is 0 Å². The maximum absolute atomic E-state index is 9.69. The van der Waals surface area contributed by atoms with Crippen molar-refractivity contribution in [1.29, 1.82) is 0 Å². The lowest BCUT2D eigenvalue weighted by atomic mass is 10.0. The van der Waals surface area contributed by atoms with Gasteiger partial charge in [-0.2, -0.15) is 0 Å². The Morgan fingerprint density at radius 2 is 2.00 bits per heavy atom. The third kappa shape index (κ3) is 4.30. The van der Waals surface area contributed by atoms with Gasteiger partial charge in [-0.1, -0.05) is 37.3 Å². The van der Waals surface area contributed by atoms with Crippen LogP contribution in [0.15, 0.2) is 30.3 Å². The average Bonchev–Trinajstić information content (AvgIpc) is 2.49. The standard InChI is InChI=1S/C17H28N2O/c1-3-16(20)10-7-11-19-13-12-18(2)14-17(19)15-8-5-4-6-9-15/h4-6,8-9,16-17,20H,3,7,10-14H2,1-2H3. The van der Waals surface area contributed by atoms with Crippen LogP contribution in [-0.2, 0) is 0 Å². The fraction of sp³-hybridized carbons (Fsp3) is 0.647. The molecule has 0 aromatic heterocycles. The van der Waals surface area contributed by atoms with E-state index >= 15 is 0 Å². The summed E-state index contributed by atoms with van der Waals surface area (Å²) in [6.45, 7) is 6.50. The summed E-state index contributed by atoms with van der Waals surface area (Å²) in [4.78, 5) is 4.99. The molecule has 1 aliphatic heterocycles. The number of aliphatic hydroxyl groups excluding tert-OH is 1. The van der Waals surface area contributed by atoms with Gasteiger partial charge in [-0.3, -0.25) is 4.90 Å². The largest absolute Gasteiger partial charge is 0.393 e. The molecule has 1 aromatic rings. The summed E-state index contributed by atoms with van der Waals surface area (Å²) in [6, 6.07) is 11.3. The zero-order chi connectivity index (χ0) is 14.4. The fourth-order valence-electron chi connectivity index (χ4n) is 2.95. The Morgan fingerprint density at radius 1 is 1.25 bits per heavy atom. The first kappa shape index (κ1) is 15.5. The van der Waals surface area contributed by atoms with Crippen LogP contribution < -0.4 is 0 Å². The number of hydrogen-bond acceptors (Lipinski definition) is 3. The molecule has 112 valence electrons. The van der Waals surface area contributed by atoms with Crippen molar-refractivity contribution >= 4 is 0 Å². The van der Waals surface area contributed by atoms with Crippen LogP contribution in [0.4, 0.5) is 0 Å². The molecule has 1 saturated heterocycles. The maximum atomic E-state index is 9.69. The molecule has 0 radical (unpaired) electrons. The first-order chi connectivity index (χ1) is 9.70.